The number of rotatable bonds is 4. The largest absolute Gasteiger partial charge is 0.338 e. The Hall–Kier alpha value is -3.33. The van der Waals surface area contributed by atoms with E-state index in [2.05, 4.69) is 11.1 Å². The lowest BCUT2D eigenvalue weighted by molar-refractivity contribution is -0.128. The number of carbonyl (C=O) groups is 1. The summed E-state index contributed by atoms with van der Waals surface area (Å²) in [5.41, 5.74) is 3.74. The highest BCUT2D eigenvalue weighted by Gasteiger charge is 2.21. The fraction of sp³-hybridized carbons (Fsp3) is 0.250. The quantitative estimate of drug-likeness (QED) is 0.787. The van der Waals surface area contributed by atoms with Gasteiger partial charge in [-0.25, -0.2) is 4.79 Å². The lowest BCUT2D eigenvalue weighted by atomic mass is 10.0. The standard InChI is InChI=1S/C20H18N4O2/c21-11-16-10-14(7-8-15(16)13-23-9-3-6-19(23)25)12-24-18-5-2-1-4-17(18)22-20(24)26/h1-2,4-5,7-8,10H,3,6,9,12-13H2,(H,22,26). The van der Waals surface area contributed by atoms with Crippen molar-refractivity contribution in [1.29, 1.82) is 5.26 Å². The highest BCUT2D eigenvalue weighted by Crippen LogP contribution is 2.19. The van der Waals surface area contributed by atoms with Crippen molar-refractivity contribution in [3.05, 3.63) is 69.6 Å². The SMILES string of the molecule is N#Cc1cc(Cn2c(=O)[nH]c3ccccc32)ccc1CN1CCCC1=O. The van der Waals surface area contributed by atoms with E-state index in [1.807, 2.05) is 42.5 Å². The van der Waals surface area contributed by atoms with Crippen LogP contribution < -0.4 is 5.69 Å². The molecule has 4 rings (SSSR count). The Morgan fingerprint density at radius 1 is 1.12 bits per heavy atom. The molecule has 2 heterocycles. The molecule has 0 radical (unpaired) electrons. The molecule has 0 atom stereocenters. The monoisotopic (exact) mass is 346 g/mol. The number of H-pyrrole nitrogens is 1. The number of imidazole rings is 1. The maximum Gasteiger partial charge on any atom is 0.326 e. The Morgan fingerprint density at radius 2 is 1.96 bits per heavy atom. The second-order valence-electron chi connectivity index (χ2n) is 6.56. The molecule has 0 unspecified atom stereocenters. The van der Waals surface area contributed by atoms with Crippen LogP contribution >= 0.6 is 0 Å². The lowest BCUT2D eigenvalue weighted by Gasteiger charge is -2.17. The molecule has 1 N–H and O–H groups in total. The van der Waals surface area contributed by atoms with Gasteiger partial charge in [-0.2, -0.15) is 5.26 Å². The fourth-order valence-electron chi connectivity index (χ4n) is 3.49. The van der Waals surface area contributed by atoms with Crippen molar-refractivity contribution in [3.8, 4) is 6.07 Å². The van der Waals surface area contributed by atoms with Crippen LogP contribution in [-0.2, 0) is 17.9 Å². The van der Waals surface area contributed by atoms with E-state index in [1.54, 1.807) is 9.47 Å². The Balaban J connectivity index is 1.63. The van der Waals surface area contributed by atoms with Gasteiger partial charge in [0.05, 0.1) is 29.2 Å². The third-order valence-corrected chi connectivity index (χ3v) is 4.85. The van der Waals surface area contributed by atoms with E-state index in [9.17, 15) is 14.9 Å². The zero-order valence-corrected chi connectivity index (χ0v) is 14.2. The van der Waals surface area contributed by atoms with E-state index >= 15 is 0 Å². The number of fused-ring (bicyclic) bond motifs is 1. The number of nitrogens with zero attached hydrogens (tertiary/aromatic N) is 3. The second-order valence-corrected chi connectivity index (χ2v) is 6.56. The third kappa shape index (κ3) is 2.88. The molecule has 1 aliphatic rings. The van der Waals surface area contributed by atoms with Crippen LogP contribution in [0.25, 0.3) is 11.0 Å². The summed E-state index contributed by atoms with van der Waals surface area (Å²) < 4.78 is 1.66. The normalized spacial score (nSPS) is 14.1. The van der Waals surface area contributed by atoms with Crippen molar-refractivity contribution in [3.63, 3.8) is 0 Å². The summed E-state index contributed by atoms with van der Waals surface area (Å²) in [5.74, 6) is 0.142. The summed E-state index contributed by atoms with van der Waals surface area (Å²) >= 11 is 0. The fourth-order valence-corrected chi connectivity index (χ4v) is 3.49. The van der Waals surface area contributed by atoms with Gasteiger partial charge in [-0.3, -0.25) is 9.36 Å². The minimum absolute atomic E-state index is 0.142. The zero-order valence-electron chi connectivity index (χ0n) is 14.2. The Labute approximate surface area is 150 Å². The van der Waals surface area contributed by atoms with Gasteiger partial charge in [-0.05, 0) is 35.7 Å². The Bertz CT molecular complexity index is 1090. The summed E-state index contributed by atoms with van der Waals surface area (Å²) in [6.07, 6.45) is 1.46. The van der Waals surface area contributed by atoms with Gasteiger partial charge >= 0.3 is 5.69 Å². The molecule has 26 heavy (non-hydrogen) atoms. The van der Waals surface area contributed by atoms with Gasteiger partial charge in [0.1, 0.15) is 0 Å². The van der Waals surface area contributed by atoms with Crippen molar-refractivity contribution in [2.24, 2.45) is 0 Å². The summed E-state index contributed by atoms with van der Waals surface area (Å²) in [6, 6.07) is 15.4. The van der Waals surface area contributed by atoms with Gasteiger partial charge in [0.15, 0.2) is 0 Å². The number of benzene rings is 2. The second kappa shape index (κ2) is 6.52. The van der Waals surface area contributed by atoms with Crippen molar-refractivity contribution < 1.29 is 4.79 Å². The first-order valence-electron chi connectivity index (χ1n) is 8.63. The zero-order chi connectivity index (χ0) is 18.1. The summed E-state index contributed by atoms with van der Waals surface area (Å²) in [4.78, 5) is 28.7. The maximum atomic E-state index is 12.2. The molecule has 0 aliphatic carbocycles. The Morgan fingerprint density at radius 3 is 2.73 bits per heavy atom. The molecule has 3 aromatic rings. The molecule has 6 heteroatoms. The molecule has 6 nitrogen and oxygen atoms in total. The number of carbonyl (C=O) groups excluding carboxylic acids is 1. The highest BCUT2D eigenvalue weighted by molar-refractivity contribution is 5.78. The van der Waals surface area contributed by atoms with E-state index in [0.29, 0.717) is 25.1 Å². The molecule has 1 amide bonds. The summed E-state index contributed by atoms with van der Waals surface area (Å²) in [6.45, 7) is 1.60. The van der Waals surface area contributed by atoms with Gasteiger partial charge in [0, 0.05) is 19.5 Å². The molecule has 0 spiro atoms. The third-order valence-electron chi connectivity index (χ3n) is 4.85. The molecule has 0 saturated carbocycles. The van der Waals surface area contributed by atoms with Crippen LogP contribution in [0.2, 0.25) is 0 Å². The molecule has 130 valence electrons. The van der Waals surface area contributed by atoms with Gasteiger partial charge in [-0.1, -0.05) is 24.3 Å². The average molecular weight is 346 g/mol. The van der Waals surface area contributed by atoms with Crippen molar-refractivity contribution in [2.45, 2.75) is 25.9 Å². The molecule has 1 fully saturated rings. The van der Waals surface area contributed by atoms with Crippen LogP contribution in [0.4, 0.5) is 0 Å². The molecular weight excluding hydrogens is 328 g/mol. The topological polar surface area (TPSA) is 81.9 Å². The van der Waals surface area contributed by atoms with Crippen LogP contribution in [-0.4, -0.2) is 26.9 Å². The minimum Gasteiger partial charge on any atom is -0.338 e. The van der Waals surface area contributed by atoms with Gasteiger partial charge in [-0.15, -0.1) is 0 Å². The Kier molecular flexibility index (Phi) is 4.05. The van der Waals surface area contributed by atoms with Crippen LogP contribution in [0.1, 0.15) is 29.5 Å². The minimum atomic E-state index is -0.170. The predicted molar refractivity (Wildman–Crippen MR) is 97.5 cm³/mol. The van der Waals surface area contributed by atoms with Gasteiger partial charge in [0.25, 0.3) is 0 Å². The first-order valence-corrected chi connectivity index (χ1v) is 8.63. The molecule has 1 saturated heterocycles. The number of hydrogen-bond acceptors (Lipinski definition) is 3. The van der Waals surface area contributed by atoms with Crippen LogP contribution in [0.3, 0.4) is 0 Å². The molecular formula is C20H18N4O2. The number of hydrogen-bond donors (Lipinski definition) is 1. The lowest BCUT2D eigenvalue weighted by Crippen LogP contribution is -2.24. The van der Waals surface area contributed by atoms with E-state index in [0.717, 1.165) is 35.1 Å². The number of nitrogens with one attached hydrogen (secondary N) is 1. The van der Waals surface area contributed by atoms with Gasteiger partial charge < -0.3 is 9.88 Å². The first kappa shape index (κ1) is 16.2. The first-order chi connectivity index (χ1) is 12.7. The number of aromatic nitrogens is 2. The van der Waals surface area contributed by atoms with Crippen LogP contribution in [0.15, 0.2) is 47.3 Å². The molecule has 0 bridgehead atoms. The smallest absolute Gasteiger partial charge is 0.326 e. The van der Waals surface area contributed by atoms with E-state index < -0.39 is 0 Å². The van der Waals surface area contributed by atoms with Crippen LogP contribution in [0, 0.1) is 11.3 Å². The number of nitriles is 1. The van der Waals surface area contributed by atoms with E-state index in [-0.39, 0.29) is 11.6 Å². The summed E-state index contributed by atoms with van der Waals surface area (Å²) in [7, 11) is 0. The number of likely N-dealkylation sites (tertiary alicyclic amines) is 1. The maximum absolute atomic E-state index is 12.2. The van der Waals surface area contributed by atoms with Crippen LogP contribution in [0.5, 0.6) is 0 Å². The number of para-hydroxylation sites is 2. The van der Waals surface area contributed by atoms with E-state index in [1.165, 1.54) is 0 Å². The molecule has 2 aromatic carbocycles. The summed E-state index contributed by atoms with van der Waals surface area (Å²) in [5, 5.41) is 9.51. The predicted octanol–water partition coefficient (Wildman–Crippen LogP) is 2.37. The van der Waals surface area contributed by atoms with Crippen molar-refractivity contribution in [1.82, 2.24) is 14.5 Å². The van der Waals surface area contributed by atoms with Gasteiger partial charge in [0.2, 0.25) is 5.91 Å². The average Bonchev–Trinajstić information content (AvgIpc) is 3.19. The van der Waals surface area contributed by atoms with Crippen molar-refractivity contribution >= 4 is 16.9 Å². The molecule has 1 aromatic heterocycles. The number of amides is 1. The molecule has 1 aliphatic heterocycles. The van der Waals surface area contributed by atoms with Crippen molar-refractivity contribution in [2.75, 3.05) is 6.54 Å². The highest BCUT2D eigenvalue weighted by atomic mass is 16.2. The number of aromatic amines is 1. The van der Waals surface area contributed by atoms with E-state index in [4.69, 9.17) is 0 Å².